The van der Waals surface area contributed by atoms with E-state index in [1.807, 2.05) is 6.07 Å². The Hall–Kier alpha value is -2.98. The number of likely N-dealkylation sites (tertiary alicyclic amines) is 1. The molecule has 1 aliphatic heterocycles. The highest BCUT2D eigenvalue weighted by Gasteiger charge is 2.35. The minimum absolute atomic E-state index is 0.118. The number of hydrogen-bond acceptors (Lipinski definition) is 6. The third-order valence-electron chi connectivity index (χ3n) is 5.53. The first-order valence-electron chi connectivity index (χ1n) is 10.9. The number of aliphatic carboxylic acids is 1. The Bertz CT molecular complexity index is 788. The van der Waals surface area contributed by atoms with Crippen LogP contribution in [0.3, 0.4) is 0 Å². The first-order valence-corrected chi connectivity index (χ1v) is 10.9. The maximum Gasteiger partial charge on any atom is 0.326 e. The topological polar surface area (TPSA) is 168 Å². The number of amides is 3. The molecule has 32 heavy (non-hydrogen) atoms. The molecule has 1 heterocycles. The molecule has 1 aromatic carbocycles. The van der Waals surface area contributed by atoms with Gasteiger partial charge in [-0.15, -0.1) is 0 Å². The summed E-state index contributed by atoms with van der Waals surface area (Å²) in [6, 6.07) is 6.22. The van der Waals surface area contributed by atoms with Gasteiger partial charge in [0.25, 0.3) is 0 Å². The quantitative estimate of drug-likeness (QED) is 0.266. The molecule has 10 nitrogen and oxygen atoms in total. The smallest absolute Gasteiger partial charge is 0.326 e. The fraction of sp³-hybridized carbons (Fsp3) is 0.545. The summed E-state index contributed by atoms with van der Waals surface area (Å²) in [6.07, 6.45) is 2.83. The van der Waals surface area contributed by atoms with Crippen molar-refractivity contribution in [2.24, 2.45) is 11.5 Å². The number of carbonyl (C=O) groups is 4. The Morgan fingerprint density at radius 1 is 1.06 bits per heavy atom. The van der Waals surface area contributed by atoms with Crippen LogP contribution in [0.15, 0.2) is 30.3 Å². The molecule has 0 aromatic heterocycles. The van der Waals surface area contributed by atoms with Gasteiger partial charge in [-0.2, -0.15) is 0 Å². The van der Waals surface area contributed by atoms with Gasteiger partial charge in [-0.3, -0.25) is 14.4 Å². The van der Waals surface area contributed by atoms with Gasteiger partial charge in [0, 0.05) is 13.0 Å². The van der Waals surface area contributed by atoms with E-state index in [2.05, 4.69) is 10.6 Å². The fourth-order valence-corrected chi connectivity index (χ4v) is 3.81. The molecule has 1 aromatic rings. The molecule has 0 saturated carbocycles. The molecule has 3 amide bonds. The lowest BCUT2D eigenvalue weighted by Gasteiger charge is -2.27. The van der Waals surface area contributed by atoms with Gasteiger partial charge in [0.2, 0.25) is 17.7 Å². The number of carbonyl (C=O) groups excluding carboxylic acids is 3. The van der Waals surface area contributed by atoms with Crippen LogP contribution in [0, 0.1) is 0 Å². The number of nitrogens with one attached hydrogen (secondary N) is 2. The summed E-state index contributed by atoms with van der Waals surface area (Å²) in [4.78, 5) is 51.0. The molecule has 1 saturated heterocycles. The van der Waals surface area contributed by atoms with Crippen molar-refractivity contribution in [1.29, 1.82) is 0 Å². The summed E-state index contributed by atoms with van der Waals surface area (Å²) in [5.74, 6) is -2.49. The van der Waals surface area contributed by atoms with E-state index < -0.39 is 35.9 Å². The van der Waals surface area contributed by atoms with Crippen LogP contribution in [-0.2, 0) is 25.6 Å². The van der Waals surface area contributed by atoms with E-state index in [1.54, 1.807) is 24.3 Å². The zero-order chi connectivity index (χ0) is 23.5. The van der Waals surface area contributed by atoms with Gasteiger partial charge in [0.15, 0.2) is 0 Å². The predicted molar refractivity (Wildman–Crippen MR) is 118 cm³/mol. The molecule has 0 spiro atoms. The molecule has 3 atom stereocenters. The largest absolute Gasteiger partial charge is 0.480 e. The zero-order valence-electron chi connectivity index (χ0n) is 18.2. The van der Waals surface area contributed by atoms with Crippen LogP contribution < -0.4 is 22.1 Å². The lowest BCUT2D eigenvalue weighted by Crippen LogP contribution is -2.56. The molecule has 1 fully saturated rings. The predicted octanol–water partition coefficient (Wildman–Crippen LogP) is -0.638. The van der Waals surface area contributed by atoms with Gasteiger partial charge >= 0.3 is 5.97 Å². The summed E-state index contributed by atoms with van der Waals surface area (Å²) in [6.45, 7) is 0.690. The summed E-state index contributed by atoms with van der Waals surface area (Å²) < 4.78 is 0. The van der Waals surface area contributed by atoms with Crippen LogP contribution in [0.1, 0.15) is 37.7 Å². The minimum Gasteiger partial charge on any atom is -0.480 e. The number of benzene rings is 1. The molecule has 0 bridgehead atoms. The minimum atomic E-state index is -1.16. The molecule has 0 radical (unpaired) electrons. The van der Waals surface area contributed by atoms with Crippen LogP contribution >= 0.6 is 0 Å². The van der Waals surface area contributed by atoms with E-state index in [9.17, 15) is 24.3 Å². The molecule has 1 aliphatic rings. The maximum absolute atomic E-state index is 12.9. The Morgan fingerprint density at radius 2 is 1.78 bits per heavy atom. The number of carboxylic acid groups (broad SMARTS) is 1. The third kappa shape index (κ3) is 7.31. The number of nitrogens with zero attached hydrogens (tertiary/aromatic N) is 1. The van der Waals surface area contributed by atoms with Gasteiger partial charge < -0.3 is 32.1 Å². The first-order chi connectivity index (χ1) is 15.4. The zero-order valence-corrected chi connectivity index (χ0v) is 18.2. The van der Waals surface area contributed by atoms with E-state index in [4.69, 9.17) is 11.5 Å². The van der Waals surface area contributed by atoms with Gasteiger partial charge in [-0.25, -0.2) is 4.79 Å². The molecule has 0 aliphatic carbocycles. The lowest BCUT2D eigenvalue weighted by molar-refractivity contribution is -0.142. The summed E-state index contributed by atoms with van der Waals surface area (Å²) >= 11 is 0. The van der Waals surface area contributed by atoms with Gasteiger partial charge in [-0.05, 0) is 44.2 Å². The van der Waals surface area contributed by atoms with E-state index in [0.717, 1.165) is 5.56 Å². The SMILES string of the molecule is NCCCCC(NC(=O)C1CCCN1C(=O)CN)C(=O)NC(Cc1ccccc1)C(=O)O. The second kappa shape index (κ2) is 12.8. The summed E-state index contributed by atoms with van der Waals surface area (Å²) in [7, 11) is 0. The third-order valence-corrected chi connectivity index (χ3v) is 5.53. The Morgan fingerprint density at radius 3 is 2.41 bits per heavy atom. The van der Waals surface area contributed by atoms with Crippen molar-refractivity contribution in [3.05, 3.63) is 35.9 Å². The van der Waals surface area contributed by atoms with Crippen LogP contribution in [0.5, 0.6) is 0 Å². The van der Waals surface area contributed by atoms with Gasteiger partial charge in [-0.1, -0.05) is 30.3 Å². The average molecular weight is 448 g/mol. The molecular formula is C22H33N5O5. The van der Waals surface area contributed by atoms with Crippen LogP contribution in [0.4, 0.5) is 0 Å². The number of rotatable bonds is 12. The maximum atomic E-state index is 12.9. The monoisotopic (exact) mass is 447 g/mol. The van der Waals surface area contributed by atoms with E-state index in [1.165, 1.54) is 4.90 Å². The van der Waals surface area contributed by atoms with Crippen molar-refractivity contribution in [2.75, 3.05) is 19.6 Å². The molecular weight excluding hydrogens is 414 g/mol. The van der Waals surface area contributed by atoms with E-state index in [0.29, 0.717) is 45.2 Å². The number of nitrogens with two attached hydrogens (primary N) is 2. The first kappa shape index (κ1) is 25.3. The number of carboxylic acids is 1. The molecule has 10 heteroatoms. The highest BCUT2D eigenvalue weighted by Crippen LogP contribution is 2.18. The van der Waals surface area contributed by atoms with Crippen molar-refractivity contribution in [2.45, 2.75) is 56.7 Å². The Kier molecular flexibility index (Phi) is 10.1. The molecule has 3 unspecified atom stereocenters. The molecule has 2 rings (SSSR count). The van der Waals surface area contributed by atoms with Crippen molar-refractivity contribution in [3.63, 3.8) is 0 Å². The second-order valence-electron chi connectivity index (χ2n) is 7.88. The summed E-state index contributed by atoms with van der Waals surface area (Å²) in [5.41, 5.74) is 11.7. The van der Waals surface area contributed by atoms with E-state index in [-0.39, 0.29) is 18.9 Å². The highest BCUT2D eigenvalue weighted by molar-refractivity contribution is 5.93. The van der Waals surface area contributed by atoms with Crippen LogP contribution in [-0.4, -0.2) is 71.5 Å². The van der Waals surface area contributed by atoms with Crippen molar-refractivity contribution >= 4 is 23.7 Å². The van der Waals surface area contributed by atoms with Gasteiger partial charge in [0.1, 0.15) is 18.1 Å². The fourth-order valence-electron chi connectivity index (χ4n) is 3.81. The van der Waals surface area contributed by atoms with Crippen LogP contribution in [0.25, 0.3) is 0 Å². The Labute approximate surface area is 187 Å². The standard InChI is InChI=1S/C22H33N5O5/c23-11-5-4-9-16(25-21(30)18-10-6-12-27(18)19(28)14-24)20(29)26-17(22(31)32)13-15-7-2-1-3-8-15/h1-3,7-8,16-18H,4-6,9-14,23-24H2,(H,25,30)(H,26,29)(H,31,32). The Balaban J connectivity index is 2.08. The number of unbranched alkanes of at least 4 members (excludes halogenated alkanes) is 1. The number of hydrogen-bond donors (Lipinski definition) is 5. The van der Waals surface area contributed by atoms with Gasteiger partial charge in [0.05, 0.1) is 6.54 Å². The summed E-state index contributed by atoms with van der Waals surface area (Å²) in [5, 5.41) is 14.8. The highest BCUT2D eigenvalue weighted by atomic mass is 16.4. The second-order valence-corrected chi connectivity index (χ2v) is 7.88. The molecule has 7 N–H and O–H groups in total. The van der Waals surface area contributed by atoms with Crippen molar-refractivity contribution < 1.29 is 24.3 Å². The normalized spacial score (nSPS) is 17.4. The van der Waals surface area contributed by atoms with Crippen LogP contribution in [0.2, 0.25) is 0 Å². The average Bonchev–Trinajstić information content (AvgIpc) is 3.28. The lowest BCUT2D eigenvalue weighted by atomic mass is 10.0. The van der Waals surface area contributed by atoms with Crippen molar-refractivity contribution in [3.8, 4) is 0 Å². The van der Waals surface area contributed by atoms with E-state index >= 15 is 0 Å². The molecule has 176 valence electrons. The van der Waals surface area contributed by atoms with Crippen molar-refractivity contribution in [1.82, 2.24) is 15.5 Å².